The molecule has 2 rings (SSSR count). The van der Waals surface area contributed by atoms with Crippen LogP contribution in [-0.2, 0) is 6.42 Å². The van der Waals surface area contributed by atoms with Gasteiger partial charge >= 0.3 is 0 Å². The molecule has 1 aromatic heterocycles. The predicted octanol–water partition coefficient (Wildman–Crippen LogP) is 2.30. The van der Waals surface area contributed by atoms with Crippen molar-refractivity contribution in [2.75, 3.05) is 6.54 Å². The zero-order chi connectivity index (χ0) is 9.80. The van der Waals surface area contributed by atoms with Crippen LogP contribution in [0, 0.1) is 0 Å². The lowest BCUT2D eigenvalue weighted by Gasteiger charge is -2.26. The van der Waals surface area contributed by atoms with Gasteiger partial charge in [-0.25, -0.2) is 4.39 Å². The topological polar surface area (TPSA) is 25.2 Å². The second-order valence-electron chi connectivity index (χ2n) is 3.91. The molecule has 1 aromatic rings. The van der Waals surface area contributed by atoms with Crippen LogP contribution in [0.2, 0.25) is 0 Å². The average molecular weight is 197 g/mol. The fraction of sp³-hybridized carbons (Fsp3) is 0.636. The minimum Gasteiger partial charge on any atom is -0.472 e. The Kier molecular flexibility index (Phi) is 3.19. The summed E-state index contributed by atoms with van der Waals surface area (Å²) in [7, 11) is 0. The van der Waals surface area contributed by atoms with Crippen LogP contribution >= 0.6 is 0 Å². The van der Waals surface area contributed by atoms with Crippen molar-refractivity contribution in [3.63, 3.8) is 0 Å². The molecule has 1 aliphatic rings. The Balaban J connectivity index is 1.85. The zero-order valence-corrected chi connectivity index (χ0v) is 8.21. The number of piperidine rings is 1. The second kappa shape index (κ2) is 4.60. The highest BCUT2D eigenvalue weighted by Gasteiger charge is 2.22. The Bertz CT molecular complexity index is 254. The van der Waals surface area contributed by atoms with Gasteiger partial charge in [0.1, 0.15) is 6.17 Å². The lowest BCUT2D eigenvalue weighted by Crippen LogP contribution is -2.42. The molecule has 3 heteroatoms. The Morgan fingerprint density at radius 1 is 1.57 bits per heavy atom. The van der Waals surface area contributed by atoms with E-state index in [0.29, 0.717) is 6.42 Å². The van der Waals surface area contributed by atoms with Crippen LogP contribution in [0.4, 0.5) is 4.39 Å². The Morgan fingerprint density at radius 2 is 2.50 bits per heavy atom. The summed E-state index contributed by atoms with van der Waals surface area (Å²) in [6.07, 6.45) is 6.17. The Morgan fingerprint density at radius 3 is 3.14 bits per heavy atom. The van der Waals surface area contributed by atoms with Gasteiger partial charge < -0.3 is 9.73 Å². The summed E-state index contributed by atoms with van der Waals surface area (Å²) in [5, 5.41) is 3.23. The molecule has 14 heavy (non-hydrogen) atoms. The van der Waals surface area contributed by atoms with Crippen molar-refractivity contribution in [3.8, 4) is 0 Å². The fourth-order valence-corrected chi connectivity index (χ4v) is 1.96. The van der Waals surface area contributed by atoms with Gasteiger partial charge in [-0.05, 0) is 31.0 Å². The molecule has 2 nitrogen and oxygen atoms in total. The van der Waals surface area contributed by atoms with Crippen molar-refractivity contribution in [2.45, 2.75) is 37.9 Å². The van der Waals surface area contributed by atoms with Gasteiger partial charge in [0.25, 0.3) is 0 Å². The maximum Gasteiger partial charge on any atom is 0.119 e. The van der Waals surface area contributed by atoms with Gasteiger partial charge in [0.15, 0.2) is 0 Å². The highest BCUT2D eigenvalue weighted by atomic mass is 19.1. The van der Waals surface area contributed by atoms with Gasteiger partial charge in [0, 0.05) is 12.5 Å². The monoisotopic (exact) mass is 197 g/mol. The molecule has 2 atom stereocenters. The predicted molar refractivity (Wildman–Crippen MR) is 52.9 cm³/mol. The summed E-state index contributed by atoms with van der Waals surface area (Å²) in [6.45, 7) is 0.955. The molecule has 0 saturated carbocycles. The summed E-state index contributed by atoms with van der Waals surface area (Å²) in [5.41, 5.74) is 0.949. The summed E-state index contributed by atoms with van der Waals surface area (Å²) in [4.78, 5) is 0. The summed E-state index contributed by atoms with van der Waals surface area (Å²) in [6, 6.07) is 1.87. The molecule has 1 fully saturated rings. The first-order valence-corrected chi connectivity index (χ1v) is 5.25. The second-order valence-corrected chi connectivity index (χ2v) is 3.91. The van der Waals surface area contributed by atoms with Crippen LogP contribution in [0.15, 0.2) is 23.0 Å². The molecule has 0 amide bonds. The average Bonchev–Trinajstić information content (AvgIpc) is 2.72. The smallest absolute Gasteiger partial charge is 0.119 e. The number of alkyl halides is 1. The molecule has 0 spiro atoms. The number of hydrogen-bond acceptors (Lipinski definition) is 2. The van der Waals surface area contributed by atoms with Crippen molar-refractivity contribution < 1.29 is 8.81 Å². The highest BCUT2D eigenvalue weighted by molar-refractivity contribution is 5.07. The lowest BCUT2D eigenvalue weighted by molar-refractivity contribution is 0.216. The Labute approximate surface area is 83.5 Å². The van der Waals surface area contributed by atoms with Crippen molar-refractivity contribution >= 4 is 0 Å². The summed E-state index contributed by atoms with van der Waals surface area (Å²) >= 11 is 0. The van der Waals surface area contributed by atoms with Gasteiger partial charge in [0.2, 0.25) is 0 Å². The lowest BCUT2D eigenvalue weighted by atomic mass is 9.97. The molecule has 0 bridgehead atoms. The van der Waals surface area contributed by atoms with E-state index in [4.69, 9.17) is 4.42 Å². The van der Waals surface area contributed by atoms with E-state index in [1.807, 2.05) is 6.07 Å². The van der Waals surface area contributed by atoms with E-state index in [2.05, 4.69) is 5.32 Å². The summed E-state index contributed by atoms with van der Waals surface area (Å²) in [5.74, 6) is 0. The van der Waals surface area contributed by atoms with Crippen LogP contribution in [0.1, 0.15) is 24.8 Å². The highest BCUT2D eigenvalue weighted by Crippen LogP contribution is 2.16. The molecular formula is C11H16FNO. The van der Waals surface area contributed by atoms with Crippen LogP contribution in [-0.4, -0.2) is 18.8 Å². The molecule has 0 radical (unpaired) electrons. The molecule has 2 heterocycles. The first-order valence-electron chi connectivity index (χ1n) is 5.25. The number of hydrogen-bond donors (Lipinski definition) is 1. The zero-order valence-electron chi connectivity index (χ0n) is 8.21. The molecule has 0 aliphatic carbocycles. The van der Waals surface area contributed by atoms with E-state index in [-0.39, 0.29) is 6.04 Å². The third-order valence-electron chi connectivity index (χ3n) is 2.80. The maximum absolute atomic E-state index is 13.7. The van der Waals surface area contributed by atoms with E-state index >= 15 is 0 Å². The first kappa shape index (κ1) is 9.71. The number of nitrogens with one attached hydrogen (secondary N) is 1. The van der Waals surface area contributed by atoms with E-state index in [1.165, 1.54) is 6.42 Å². The quantitative estimate of drug-likeness (QED) is 0.804. The summed E-state index contributed by atoms with van der Waals surface area (Å²) < 4.78 is 18.7. The van der Waals surface area contributed by atoms with E-state index in [1.54, 1.807) is 12.5 Å². The van der Waals surface area contributed by atoms with Crippen LogP contribution in [0.5, 0.6) is 0 Å². The van der Waals surface area contributed by atoms with E-state index in [9.17, 15) is 4.39 Å². The van der Waals surface area contributed by atoms with E-state index < -0.39 is 6.17 Å². The van der Waals surface area contributed by atoms with Gasteiger partial charge in [-0.15, -0.1) is 0 Å². The Hall–Kier alpha value is -0.830. The van der Waals surface area contributed by atoms with Crippen LogP contribution < -0.4 is 5.32 Å². The largest absolute Gasteiger partial charge is 0.472 e. The standard InChI is InChI=1S/C11H16FNO/c12-10(7-9-4-6-14-8-9)11-3-1-2-5-13-11/h4,6,8,10-11,13H,1-3,5,7H2. The molecule has 1 N–H and O–H groups in total. The van der Waals surface area contributed by atoms with Crippen molar-refractivity contribution in [2.24, 2.45) is 0 Å². The SMILES string of the molecule is FC(Cc1ccoc1)C1CCCCN1. The molecular weight excluding hydrogens is 181 g/mol. The minimum atomic E-state index is -0.784. The van der Waals surface area contributed by atoms with Gasteiger partial charge in [-0.1, -0.05) is 6.42 Å². The van der Waals surface area contributed by atoms with Crippen molar-refractivity contribution in [1.82, 2.24) is 5.32 Å². The molecule has 1 aliphatic heterocycles. The minimum absolute atomic E-state index is 0.0404. The van der Waals surface area contributed by atoms with E-state index in [0.717, 1.165) is 24.9 Å². The normalized spacial score (nSPS) is 24.8. The van der Waals surface area contributed by atoms with Crippen LogP contribution in [0.3, 0.4) is 0 Å². The molecule has 2 unspecified atom stereocenters. The molecule has 78 valence electrons. The van der Waals surface area contributed by atoms with Gasteiger partial charge in [-0.3, -0.25) is 0 Å². The van der Waals surface area contributed by atoms with Gasteiger partial charge in [0.05, 0.1) is 12.5 Å². The maximum atomic E-state index is 13.7. The van der Waals surface area contributed by atoms with Crippen molar-refractivity contribution in [1.29, 1.82) is 0 Å². The molecule has 0 aromatic carbocycles. The number of furan rings is 1. The third-order valence-corrected chi connectivity index (χ3v) is 2.80. The van der Waals surface area contributed by atoms with Crippen molar-refractivity contribution in [3.05, 3.63) is 24.2 Å². The fourth-order valence-electron chi connectivity index (χ4n) is 1.96. The number of rotatable bonds is 3. The molecule has 1 saturated heterocycles. The first-order chi connectivity index (χ1) is 6.86. The third kappa shape index (κ3) is 2.35. The number of halogens is 1. The van der Waals surface area contributed by atoms with Crippen LogP contribution in [0.25, 0.3) is 0 Å². The van der Waals surface area contributed by atoms with Gasteiger partial charge in [-0.2, -0.15) is 0 Å².